The average molecular weight is 202 g/mol. The molecular formula is C10H18O4. The second kappa shape index (κ2) is 3.87. The third-order valence-corrected chi connectivity index (χ3v) is 2.57. The normalized spacial score (nSPS) is 36.5. The van der Waals surface area contributed by atoms with Gasteiger partial charge >= 0.3 is 5.97 Å². The summed E-state index contributed by atoms with van der Waals surface area (Å²) in [5.41, 5.74) is -0.523. The lowest BCUT2D eigenvalue weighted by atomic mass is 9.90. The lowest BCUT2D eigenvalue weighted by Crippen LogP contribution is -2.53. The molecule has 0 aromatic rings. The Balaban J connectivity index is 2.68. The summed E-state index contributed by atoms with van der Waals surface area (Å²) in [5, 5.41) is 9.58. The van der Waals surface area contributed by atoms with Crippen LogP contribution in [0.4, 0.5) is 0 Å². The Morgan fingerprint density at radius 3 is 2.64 bits per heavy atom. The van der Waals surface area contributed by atoms with Crippen molar-refractivity contribution >= 4 is 5.97 Å². The molecule has 0 aromatic carbocycles. The van der Waals surface area contributed by atoms with Crippen LogP contribution in [-0.2, 0) is 14.3 Å². The summed E-state index contributed by atoms with van der Waals surface area (Å²) in [5.74, 6) is -0.339. The van der Waals surface area contributed by atoms with Gasteiger partial charge in [0.05, 0.1) is 17.8 Å². The van der Waals surface area contributed by atoms with Crippen molar-refractivity contribution in [3.05, 3.63) is 0 Å². The zero-order valence-electron chi connectivity index (χ0n) is 9.11. The van der Waals surface area contributed by atoms with E-state index in [4.69, 9.17) is 9.47 Å². The molecule has 0 aliphatic carbocycles. The predicted molar refractivity (Wildman–Crippen MR) is 50.8 cm³/mol. The number of hydrogen-bond acceptors (Lipinski definition) is 4. The molecule has 0 bridgehead atoms. The van der Waals surface area contributed by atoms with Gasteiger partial charge in [-0.1, -0.05) is 0 Å². The highest BCUT2D eigenvalue weighted by atomic mass is 16.6. The quantitative estimate of drug-likeness (QED) is 0.641. The van der Waals surface area contributed by atoms with Crippen LogP contribution in [0.15, 0.2) is 0 Å². The van der Waals surface area contributed by atoms with Crippen LogP contribution in [0.1, 0.15) is 34.1 Å². The second-order valence-electron chi connectivity index (χ2n) is 4.33. The first-order valence-electron chi connectivity index (χ1n) is 4.86. The van der Waals surface area contributed by atoms with Crippen molar-refractivity contribution < 1.29 is 19.4 Å². The molecule has 0 spiro atoms. The van der Waals surface area contributed by atoms with Crippen LogP contribution in [0.3, 0.4) is 0 Å². The van der Waals surface area contributed by atoms with E-state index in [1.54, 1.807) is 0 Å². The molecule has 4 nitrogen and oxygen atoms in total. The molecule has 1 saturated heterocycles. The first-order chi connectivity index (χ1) is 6.33. The van der Waals surface area contributed by atoms with Crippen LogP contribution in [0.2, 0.25) is 0 Å². The van der Waals surface area contributed by atoms with E-state index in [9.17, 15) is 9.90 Å². The summed E-state index contributed by atoms with van der Waals surface area (Å²) in [4.78, 5) is 10.8. The minimum Gasteiger partial charge on any atom is -0.459 e. The van der Waals surface area contributed by atoms with E-state index >= 15 is 0 Å². The highest BCUT2D eigenvalue weighted by Crippen LogP contribution is 2.30. The molecular weight excluding hydrogens is 184 g/mol. The van der Waals surface area contributed by atoms with Gasteiger partial charge in [0.15, 0.2) is 0 Å². The van der Waals surface area contributed by atoms with Crippen molar-refractivity contribution in [2.75, 3.05) is 0 Å². The van der Waals surface area contributed by atoms with Crippen LogP contribution in [0.25, 0.3) is 0 Å². The molecule has 1 aliphatic heterocycles. The first kappa shape index (κ1) is 11.5. The topological polar surface area (TPSA) is 55.8 Å². The minimum absolute atomic E-state index is 0.211. The number of aliphatic hydroxyl groups excluding tert-OH is 1. The third-order valence-electron chi connectivity index (χ3n) is 2.57. The molecule has 1 N–H and O–H groups in total. The van der Waals surface area contributed by atoms with Gasteiger partial charge in [-0.15, -0.1) is 0 Å². The van der Waals surface area contributed by atoms with Crippen molar-refractivity contribution in [2.24, 2.45) is 0 Å². The van der Waals surface area contributed by atoms with E-state index in [0.717, 1.165) is 0 Å². The molecule has 0 aromatic heterocycles. The molecule has 0 unspecified atom stereocenters. The zero-order chi connectivity index (χ0) is 10.9. The lowest BCUT2D eigenvalue weighted by Gasteiger charge is -2.43. The van der Waals surface area contributed by atoms with Crippen LogP contribution in [0, 0.1) is 0 Å². The van der Waals surface area contributed by atoms with E-state index in [2.05, 4.69) is 0 Å². The Labute approximate surface area is 84.2 Å². The fourth-order valence-corrected chi connectivity index (χ4v) is 1.72. The van der Waals surface area contributed by atoms with Gasteiger partial charge in [0.25, 0.3) is 0 Å². The Hall–Kier alpha value is -0.610. The molecule has 0 radical (unpaired) electrons. The number of rotatable bonds is 1. The third kappa shape index (κ3) is 2.45. The van der Waals surface area contributed by atoms with Crippen LogP contribution in [0.5, 0.6) is 0 Å². The van der Waals surface area contributed by atoms with Gasteiger partial charge in [0.1, 0.15) is 6.10 Å². The van der Waals surface area contributed by atoms with E-state index in [0.29, 0.717) is 6.42 Å². The van der Waals surface area contributed by atoms with Gasteiger partial charge in [0, 0.05) is 13.3 Å². The Kier molecular flexibility index (Phi) is 3.17. The van der Waals surface area contributed by atoms with E-state index < -0.39 is 11.7 Å². The standard InChI is InChI=1S/C10H18O4/c1-6-8(12)5-9(13-7(2)11)10(3,4)14-6/h6,8-9,12H,5H2,1-4H3/t6-,8-,9-/m1/s1. The van der Waals surface area contributed by atoms with Crippen molar-refractivity contribution in [3.63, 3.8) is 0 Å². The monoisotopic (exact) mass is 202 g/mol. The van der Waals surface area contributed by atoms with Crippen LogP contribution in [-0.4, -0.2) is 35.0 Å². The van der Waals surface area contributed by atoms with Gasteiger partial charge in [0.2, 0.25) is 0 Å². The number of carbonyl (C=O) groups excluding carboxylic acids is 1. The summed E-state index contributed by atoms with van der Waals surface area (Å²) in [6.45, 7) is 6.91. The van der Waals surface area contributed by atoms with E-state index in [1.807, 2.05) is 20.8 Å². The highest BCUT2D eigenvalue weighted by Gasteiger charge is 2.42. The summed E-state index contributed by atoms with van der Waals surface area (Å²) in [6, 6.07) is 0. The second-order valence-corrected chi connectivity index (χ2v) is 4.33. The van der Waals surface area contributed by atoms with Crippen molar-refractivity contribution in [1.82, 2.24) is 0 Å². The smallest absolute Gasteiger partial charge is 0.303 e. The average Bonchev–Trinajstić information content (AvgIpc) is 1.98. The van der Waals surface area contributed by atoms with Gasteiger partial charge in [-0.25, -0.2) is 0 Å². The molecule has 1 fully saturated rings. The predicted octanol–water partition coefficient (Wildman–Crippen LogP) is 0.866. The number of esters is 1. The van der Waals surface area contributed by atoms with Crippen molar-refractivity contribution in [3.8, 4) is 0 Å². The maximum atomic E-state index is 10.8. The van der Waals surface area contributed by atoms with E-state index in [1.165, 1.54) is 6.92 Å². The number of ether oxygens (including phenoxy) is 2. The maximum Gasteiger partial charge on any atom is 0.303 e. The molecule has 1 heterocycles. The van der Waals surface area contributed by atoms with Gasteiger partial charge in [-0.3, -0.25) is 4.79 Å². The fourth-order valence-electron chi connectivity index (χ4n) is 1.72. The van der Waals surface area contributed by atoms with Crippen molar-refractivity contribution in [1.29, 1.82) is 0 Å². The molecule has 14 heavy (non-hydrogen) atoms. The summed E-state index contributed by atoms with van der Waals surface area (Å²) in [6.07, 6.45) is -0.705. The molecule has 1 rings (SSSR count). The Bertz CT molecular complexity index is 224. The molecule has 0 amide bonds. The van der Waals surface area contributed by atoms with Gasteiger partial charge < -0.3 is 14.6 Å². The molecule has 3 atom stereocenters. The number of carbonyl (C=O) groups is 1. The van der Waals surface area contributed by atoms with Gasteiger partial charge in [-0.2, -0.15) is 0 Å². The molecule has 1 aliphatic rings. The lowest BCUT2D eigenvalue weighted by molar-refractivity contribution is -0.218. The summed E-state index contributed by atoms with van der Waals surface area (Å²) in [7, 11) is 0. The Morgan fingerprint density at radius 1 is 1.57 bits per heavy atom. The number of aliphatic hydroxyl groups is 1. The minimum atomic E-state index is -0.563. The fraction of sp³-hybridized carbons (Fsp3) is 0.900. The first-order valence-corrected chi connectivity index (χ1v) is 4.86. The number of hydrogen-bond donors (Lipinski definition) is 1. The van der Waals surface area contributed by atoms with Gasteiger partial charge in [-0.05, 0) is 20.8 Å². The largest absolute Gasteiger partial charge is 0.459 e. The molecule has 4 heteroatoms. The zero-order valence-corrected chi connectivity index (χ0v) is 9.11. The molecule has 0 saturated carbocycles. The molecule has 82 valence electrons. The van der Waals surface area contributed by atoms with Crippen molar-refractivity contribution in [2.45, 2.75) is 58.0 Å². The SMILES string of the molecule is CC(=O)O[C@@H]1C[C@@H](O)[C@@H](C)OC1(C)C. The van der Waals surface area contributed by atoms with E-state index in [-0.39, 0.29) is 18.2 Å². The highest BCUT2D eigenvalue weighted by molar-refractivity contribution is 5.66. The Morgan fingerprint density at radius 2 is 2.14 bits per heavy atom. The summed E-state index contributed by atoms with van der Waals surface area (Å²) >= 11 is 0. The van der Waals surface area contributed by atoms with Crippen LogP contribution >= 0.6 is 0 Å². The van der Waals surface area contributed by atoms with Crippen LogP contribution < -0.4 is 0 Å². The summed E-state index contributed by atoms with van der Waals surface area (Å²) < 4.78 is 10.7. The maximum absolute atomic E-state index is 10.8.